The van der Waals surface area contributed by atoms with Crippen molar-refractivity contribution in [3.05, 3.63) is 198 Å². The van der Waals surface area contributed by atoms with E-state index in [1.165, 1.54) is 68.7 Å². The van der Waals surface area contributed by atoms with Crippen LogP contribution in [0.1, 0.15) is 62.3 Å². The van der Waals surface area contributed by atoms with Crippen molar-refractivity contribution in [2.75, 3.05) is 4.90 Å². The molecule has 10 rings (SSSR count). The van der Waals surface area contributed by atoms with E-state index < -0.39 is 0 Å². The smallest absolute Gasteiger partial charge is 0.164 e. The highest BCUT2D eigenvalue weighted by molar-refractivity contribution is 6.06. The highest BCUT2D eigenvalue weighted by atomic mass is 15.2. The van der Waals surface area contributed by atoms with E-state index in [1.54, 1.807) is 0 Å². The van der Waals surface area contributed by atoms with Gasteiger partial charge in [-0.25, -0.2) is 15.0 Å². The van der Waals surface area contributed by atoms with Gasteiger partial charge in [0.1, 0.15) is 0 Å². The van der Waals surface area contributed by atoms with Crippen molar-refractivity contribution in [3.8, 4) is 45.3 Å². The lowest BCUT2D eigenvalue weighted by Crippen LogP contribution is -2.41. The first kappa shape index (κ1) is 36.0. The summed E-state index contributed by atoms with van der Waals surface area (Å²) in [5, 5.41) is 0. The number of unbranched alkanes of at least 4 members (excludes halogenated alkanes) is 1. The molecule has 1 aromatic heterocycles. The molecule has 0 N–H and O–H groups in total. The summed E-state index contributed by atoms with van der Waals surface area (Å²) in [6, 6.07) is 53.7. The Morgan fingerprint density at radius 1 is 0.579 bits per heavy atom. The first-order valence-electron chi connectivity index (χ1n) is 20.2. The fourth-order valence-electron chi connectivity index (χ4n) is 8.53. The van der Waals surface area contributed by atoms with Crippen molar-refractivity contribution in [1.82, 2.24) is 15.0 Å². The summed E-state index contributed by atoms with van der Waals surface area (Å²) in [7, 11) is 0. The van der Waals surface area contributed by atoms with Gasteiger partial charge in [-0.2, -0.15) is 0 Å². The minimum atomic E-state index is -0.211. The number of anilines is 2. The van der Waals surface area contributed by atoms with Crippen LogP contribution in [0.4, 0.5) is 11.4 Å². The fourth-order valence-corrected chi connectivity index (χ4v) is 8.53. The molecule has 0 saturated heterocycles. The van der Waals surface area contributed by atoms with Gasteiger partial charge < -0.3 is 4.90 Å². The number of para-hydroxylation sites is 2. The third-order valence-corrected chi connectivity index (χ3v) is 11.4. The van der Waals surface area contributed by atoms with E-state index in [-0.39, 0.29) is 5.54 Å². The number of rotatable bonds is 6. The maximum Gasteiger partial charge on any atom is 0.164 e. The lowest BCUT2D eigenvalue weighted by molar-refractivity contribution is 0.607. The molecule has 6 aromatic carbocycles. The lowest BCUT2D eigenvalue weighted by Gasteiger charge is -2.41. The molecule has 2 aliphatic heterocycles. The molecular formula is C53H46N4. The third kappa shape index (κ3) is 6.72. The molecule has 0 fully saturated rings. The summed E-state index contributed by atoms with van der Waals surface area (Å²) in [5.41, 5.74) is 15.8. The second-order valence-electron chi connectivity index (χ2n) is 15.2. The van der Waals surface area contributed by atoms with Crippen LogP contribution in [0.5, 0.6) is 0 Å². The molecule has 1 aliphatic carbocycles. The number of fused-ring (bicyclic) bond motifs is 7. The van der Waals surface area contributed by atoms with E-state index in [4.69, 9.17) is 15.0 Å². The third-order valence-electron chi connectivity index (χ3n) is 11.4. The zero-order valence-electron chi connectivity index (χ0n) is 32.9. The van der Waals surface area contributed by atoms with Crippen LogP contribution in [0.15, 0.2) is 176 Å². The van der Waals surface area contributed by atoms with Crippen molar-refractivity contribution >= 4 is 22.5 Å². The molecule has 0 saturated carbocycles. The second-order valence-corrected chi connectivity index (χ2v) is 15.2. The fraction of sp³-hybridized carbons (Fsp3) is 0.151. The molecule has 0 spiro atoms. The van der Waals surface area contributed by atoms with Gasteiger partial charge in [-0.3, -0.25) is 0 Å². The van der Waals surface area contributed by atoms with Gasteiger partial charge in [0.2, 0.25) is 0 Å². The summed E-state index contributed by atoms with van der Waals surface area (Å²) in [6.45, 7) is 6.65. The van der Waals surface area contributed by atoms with E-state index in [9.17, 15) is 0 Å². The topological polar surface area (TPSA) is 41.9 Å². The van der Waals surface area contributed by atoms with Gasteiger partial charge in [0, 0.05) is 39.9 Å². The SMILES string of the molecule is C/C=C\CCC.CC12CC=C(c3ccc(-c4nc(-c5ccccc5)nc(-c5ccccc5)n4)cc3)C=C1c1cccc3c1N2c1ccccc1Cc1ccccc1-3. The summed E-state index contributed by atoms with van der Waals surface area (Å²) >= 11 is 0. The maximum atomic E-state index is 4.95. The van der Waals surface area contributed by atoms with E-state index in [0.717, 1.165) is 29.5 Å². The predicted octanol–water partition coefficient (Wildman–Crippen LogP) is 13.6. The van der Waals surface area contributed by atoms with Crippen LogP contribution < -0.4 is 4.90 Å². The molecule has 1 atom stereocenters. The molecule has 3 aliphatic rings. The monoisotopic (exact) mass is 738 g/mol. The predicted molar refractivity (Wildman–Crippen MR) is 238 cm³/mol. The number of allylic oxidation sites excluding steroid dienone is 4. The molecule has 278 valence electrons. The first-order chi connectivity index (χ1) is 28.1. The van der Waals surface area contributed by atoms with Crippen LogP contribution in [-0.4, -0.2) is 20.5 Å². The van der Waals surface area contributed by atoms with Crippen LogP contribution in [-0.2, 0) is 6.42 Å². The van der Waals surface area contributed by atoms with Crippen LogP contribution in [0.25, 0.3) is 56.4 Å². The minimum absolute atomic E-state index is 0.211. The van der Waals surface area contributed by atoms with Crippen LogP contribution in [0.2, 0.25) is 0 Å². The molecule has 4 nitrogen and oxygen atoms in total. The Morgan fingerprint density at radius 3 is 1.75 bits per heavy atom. The van der Waals surface area contributed by atoms with Crippen molar-refractivity contribution in [3.63, 3.8) is 0 Å². The molecule has 57 heavy (non-hydrogen) atoms. The second kappa shape index (κ2) is 15.5. The molecule has 7 aromatic rings. The highest BCUT2D eigenvalue weighted by Crippen LogP contribution is 2.59. The van der Waals surface area contributed by atoms with Gasteiger partial charge in [0.05, 0.1) is 11.2 Å². The number of benzene rings is 6. The molecule has 0 bridgehead atoms. The number of hydrogen-bond acceptors (Lipinski definition) is 4. The van der Waals surface area contributed by atoms with Crippen molar-refractivity contribution in [2.45, 2.75) is 52.0 Å². The van der Waals surface area contributed by atoms with Crippen molar-refractivity contribution in [1.29, 1.82) is 0 Å². The van der Waals surface area contributed by atoms with Gasteiger partial charge in [0.15, 0.2) is 17.5 Å². The normalized spacial score (nSPS) is 16.2. The standard InChI is InChI=1S/C47H34N4.C6H12/c1-47-28-27-35(30-41(47)40-21-12-20-39-38-19-10-8-17-36(38)29-37-18-9-11-22-42(37)51(47)43(39)40)31-23-25-34(26-24-31)46-49-44(32-13-4-2-5-14-32)48-45(50-46)33-15-6-3-7-16-33;1-3-5-6-4-2/h2-27,30H,28-29H2,1H3;3,5H,4,6H2,1-2H3/b;5-3-. The van der Waals surface area contributed by atoms with Gasteiger partial charge in [-0.15, -0.1) is 0 Å². The average molecular weight is 739 g/mol. The van der Waals surface area contributed by atoms with Crippen molar-refractivity contribution < 1.29 is 0 Å². The Kier molecular flexibility index (Phi) is 9.78. The summed E-state index contributed by atoms with van der Waals surface area (Å²) in [4.78, 5) is 17.4. The summed E-state index contributed by atoms with van der Waals surface area (Å²) in [6.07, 6.45) is 13.4. The molecule has 4 heteroatoms. The number of nitrogens with zero attached hydrogens (tertiary/aromatic N) is 4. The zero-order valence-corrected chi connectivity index (χ0v) is 32.9. The zero-order chi connectivity index (χ0) is 38.8. The Bertz CT molecular complexity index is 2600. The molecule has 3 heterocycles. The Morgan fingerprint density at radius 2 is 1.12 bits per heavy atom. The Balaban J connectivity index is 0.000000656. The van der Waals surface area contributed by atoms with Gasteiger partial charge in [0.25, 0.3) is 0 Å². The average Bonchev–Trinajstić information content (AvgIpc) is 3.54. The Labute approximate surface area is 336 Å². The van der Waals surface area contributed by atoms with Crippen LogP contribution >= 0.6 is 0 Å². The van der Waals surface area contributed by atoms with Gasteiger partial charge in [-0.1, -0.05) is 177 Å². The van der Waals surface area contributed by atoms with Gasteiger partial charge in [-0.05, 0) is 72.2 Å². The molecule has 0 radical (unpaired) electrons. The minimum Gasteiger partial charge on any atom is -0.330 e. The largest absolute Gasteiger partial charge is 0.330 e. The lowest BCUT2D eigenvalue weighted by atomic mass is 9.79. The highest BCUT2D eigenvalue weighted by Gasteiger charge is 2.48. The quantitative estimate of drug-likeness (QED) is 0.159. The summed E-state index contributed by atoms with van der Waals surface area (Å²) < 4.78 is 0. The van der Waals surface area contributed by atoms with E-state index >= 15 is 0 Å². The summed E-state index contributed by atoms with van der Waals surface area (Å²) in [5.74, 6) is 1.99. The Hall–Kier alpha value is -6.65. The molecule has 0 amide bonds. The van der Waals surface area contributed by atoms with Crippen LogP contribution in [0, 0.1) is 0 Å². The number of hydrogen-bond donors (Lipinski definition) is 0. The maximum absolute atomic E-state index is 4.95. The number of aromatic nitrogens is 3. The molecular weight excluding hydrogens is 693 g/mol. The first-order valence-corrected chi connectivity index (χ1v) is 20.2. The van der Waals surface area contributed by atoms with E-state index in [2.05, 4.69) is 141 Å². The van der Waals surface area contributed by atoms with Crippen molar-refractivity contribution in [2.24, 2.45) is 0 Å². The van der Waals surface area contributed by atoms with E-state index in [0.29, 0.717) is 17.5 Å². The van der Waals surface area contributed by atoms with Gasteiger partial charge >= 0.3 is 0 Å². The molecule has 1 unspecified atom stereocenters. The van der Waals surface area contributed by atoms with Crippen LogP contribution in [0.3, 0.4) is 0 Å². The van der Waals surface area contributed by atoms with E-state index in [1.807, 2.05) is 60.7 Å².